The van der Waals surface area contributed by atoms with Crippen LogP contribution in [0.2, 0.25) is 0 Å². The summed E-state index contributed by atoms with van der Waals surface area (Å²) in [5.41, 5.74) is 0.887. The fourth-order valence-corrected chi connectivity index (χ4v) is 3.72. The van der Waals surface area contributed by atoms with Gasteiger partial charge in [0.15, 0.2) is 21.7 Å². The molecule has 0 amide bonds. The Morgan fingerprint density at radius 2 is 1.95 bits per heavy atom. The third-order valence-corrected chi connectivity index (χ3v) is 4.56. The highest BCUT2D eigenvalue weighted by atomic mass is 32.2. The van der Waals surface area contributed by atoms with Crippen molar-refractivity contribution in [1.29, 1.82) is 0 Å². The summed E-state index contributed by atoms with van der Waals surface area (Å²) in [6.45, 7) is 0. The van der Waals surface area contributed by atoms with Gasteiger partial charge in [0.05, 0.1) is 10.2 Å². The molecule has 1 aromatic heterocycles. The topological polar surface area (TPSA) is 53.4 Å². The zero-order valence-corrected chi connectivity index (χ0v) is 11.1. The van der Waals surface area contributed by atoms with Crippen LogP contribution in [0, 0.1) is 5.82 Å². The molecule has 0 aliphatic carbocycles. The molecular formula is C13H8FNO2S2. The summed E-state index contributed by atoms with van der Waals surface area (Å²) in [6, 6.07) is 10.2. The molecule has 0 aliphatic heterocycles. The first kappa shape index (κ1) is 12.3. The number of fused-ring (bicyclic) bond motifs is 1. The molecule has 0 saturated carbocycles. The summed E-state index contributed by atoms with van der Waals surface area (Å²) in [5, 5.41) is 18.5. The first-order chi connectivity index (χ1) is 9.13. The van der Waals surface area contributed by atoms with E-state index in [1.807, 2.05) is 24.3 Å². The summed E-state index contributed by atoms with van der Waals surface area (Å²) in [7, 11) is 0. The van der Waals surface area contributed by atoms with Crippen molar-refractivity contribution in [2.75, 3.05) is 0 Å². The van der Waals surface area contributed by atoms with Crippen LogP contribution in [0.25, 0.3) is 10.2 Å². The minimum Gasteiger partial charge on any atom is -0.504 e. The second-order valence-corrected chi connectivity index (χ2v) is 6.17. The van der Waals surface area contributed by atoms with Crippen LogP contribution in [0.1, 0.15) is 0 Å². The van der Waals surface area contributed by atoms with E-state index in [4.69, 9.17) is 5.11 Å². The molecule has 19 heavy (non-hydrogen) atoms. The molecule has 3 rings (SSSR count). The number of hydrogen-bond acceptors (Lipinski definition) is 5. The van der Waals surface area contributed by atoms with Crippen LogP contribution < -0.4 is 0 Å². The molecule has 2 N–H and O–H groups in total. The van der Waals surface area contributed by atoms with Crippen LogP contribution in [0.15, 0.2) is 45.6 Å². The average Bonchev–Trinajstić information content (AvgIpc) is 2.78. The second-order valence-electron chi connectivity index (χ2n) is 3.82. The van der Waals surface area contributed by atoms with Gasteiger partial charge in [0.25, 0.3) is 0 Å². The van der Waals surface area contributed by atoms with Crippen LogP contribution in [0.3, 0.4) is 0 Å². The minimum absolute atomic E-state index is 0.469. The van der Waals surface area contributed by atoms with Crippen molar-refractivity contribution in [3.05, 3.63) is 42.2 Å². The molecule has 96 valence electrons. The number of hydrogen-bond donors (Lipinski definition) is 2. The van der Waals surface area contributed by atoms with Crippen molar-refractivity contribution in [3.8, 4) is 11.5 Å². The second kappa shape index (κ2) is 4.71. The zero-order valence-electron chi connectivity index (χ0n) is 9.50. The maximum atomic E-state index is 13.3. The number of phenols is 2. The van der Waals surface area contributed by atoms with E-state index in [0.29, 0.717) is 4.90 Å². The number of halogens is 1. The van der Waals surface area contributed by atoms with Gasteiger partial charge in [0.2, 0.25) is 0 Å². The van der Waals surface area contributed by atoms with Crippen molar-refractivity contribution in [1.82, 2.24) is 4.98 Å². The molecule has 6 heteroatoms. The number of para-hydroxylation sites is 1. The highest BCUT2D eigenvalue weighted by Gasteiger charge is 2.11. The minimum atomic E-state index is -0.844. The standard InChI is InChI=1S/C13H8FNO2S2/c14-8-5-7(6-10(16)12(8)17)18-13-15-9-3-1-2-4-11(9)19-13/h1-6,16-17H. The van der Waals surface area contributed by atoms with Crippen LogP contribution in [-0.4, -0.2) is 15.2 Å². The van der Waals surface area contributed by atoms with E-state index in [-0.39, 0.29) is 0 Å². The molecule has 0 spiro atoms. The van der Waals surface area contributed by atoms with Crippen LogP contribution >= 0.6 is 23.1 Å². The average molecular weight is 293 g/mol. The molecule has 0 unspecified atom stereocenters. The number of benzene rings is 2. The molecule has 0 saturated heterocycles. The fourth-order valence-electron chi connectivity index (χ4n) is 1.61. The Hall–Kier alpha value is -1.79. The van der Waals surface area contributed by atoms with Gasteiger partial charge in [-0.25, -0.2) is 9.37 Å². The normalized spacial score (nSPS) is 11.0. The van der Waals surface area contributed by atoms with E-state index in [2.05, 4.69) is 4.98 Å². The van der Waals surface area contributed by atoms with Gasteiger partial charge in [-0.15, -0.1) is 11.3 Å². The fraction of sp³-hybridized carbons (Fsp3) is 0. The van der Waals surface area contributed by atoms with Gasteiger partial charge in [-0.1, -0.05) is 23.9 Å². The van der Waals surface area contributed by atoms with Gasteiger partial charge < -0.3 is 10.2 Å². The SMILES string of the molecule is Oc1cc(Sc2nc3ccccc3s2)cc(F)c1O. The van der Waals surface area contributed by atoms with Gasteiger partial charge in [-0.2, -0.15) is 0 Å². The summed E-state index contributed by atoms with van der Waals surface area (Å²) < 4.78 is 15.1. The first-order valence-electron chi connectivity index (χ1n) is 5.38. The summed E-state index contributed by atoms with van der Waals surface area (Å²) in [5.74, 6) is -2.04. The van der Waals surface area contributed by atoms with Crippen molar-refractivity contribution in [3.63, 3.8) is 0 Å². The Balaban J connectivity index is 1.96. The molecule has 0 fully saturated rings. The summed E-state index contributed by atoms with van der Waals surface area (Å²) >= 11 is 2.74. The summed E-state index contributed by atoms with van der Waals surface area (Å²) in [4.78, 5) is 4.90. The Labute approximate surface area is 116 Å². The highest BCUT2D eigenvalue weighted by molar-refractivity contribution is 8.01. The highest BCUT2D eigenvalue weighted by Crippen LogP contribution is 2.38. The molecule has 0 bridgehead atoms. The van der Waals surface area contributed by atoms with Gasteiger partial charge in [0, 0.05) is 4.90 Å². The van der Waals surface area contributed by atoms with E-state index in [9.17, 15) is 9.50 Å². The molecule has 3 nitrogen and oxygen atoms in total. The lowest BCUT2D eigenvalue weighted by atomic mass is 10.3. The molecule has 1 heterocycles. The van der Waals surface area contributed by atoms with E-state index in [1.54, 1.807) is 0 Å². The predicted octanol–water partition coefficient (Wildman–Crippen LogP) is 4.00. The molecule has 0 atom stereocenters. The number of thiazole rings is 1. The largest absolute Gasteiger partial charge is 0.504 e. The molecule has 3 aromatic rings. The Bertz CT molecular complexity index is 701. The summed E-state index contributed by atoms with van der Waals surface area (Å²) in [6.07, 6.45) is 0. The Morgan fingerprint density at radius 3 is 2.68 bits per heavy atom. The van der Waals surface area contributed by atoms with Crippen molar-refractivity contribution in [2.24, 2.45) is 0 Å². The van der Waals surface area contributed by atoms with Crippen molar-refractivity contribution in [2.45, 2.75) is 9.24 Å². The zero-order chi connectivity index (χ0) is 13.4. The van der Waals surface area contributed by atoms with Gasteiger partial charge in [-0.3, -0.25) is 0 Å². The monoisotopic (exact) mass is 293 g/mol. The molecule has 0 radical (unpaired) electrons. The number of aromatic nitrogens is 1. The van der Waals surface area contributed by atoms with Gasteiger partial charge >= 0.3 is 0 Å². The molecular weight excluding hydrogens is 285 g/mol. The first-order valence-corrected chi connectivity index (χ1v) is 7.01. The van der Waals surface area contributed by atoms with Gasteiger partial charge in [-0.05, 0) is 24.3 Å². The molecule has 2 aromatic carbocycles. The van der Waals surface area contributed by atoms with E-state index in [0.717, 1.165) is 14.6 Å². The van der Waals surface area contributed by atoms with E-state index < -0.39 is 17.3 Å². The third kappa shape index (κ3) is 2.36. The maximum absolute atomic E-state index is 13.3. The maximum Gasteiger partial charge on any atom is 0.194 e. The third-order valence-electron chi connectivity index (χ3n) is 2.50. The smallest absolute Gasteiger partial charge is 0.194 e. The lowest BCUT2D eigenvalue weighted by molar-refractivity contribution is 0.377. The Kier molecular flexibility index (Phi) is 3.04. The molecule has 0 aliphatic rings. The number of rotatable bonds is 2. The number of phenolic OH excluding ortho intramolecular Hbond substituents is 2. The van der Waals surface area contributed by atoms with Crippen LogP contribution in [0.4, 0.5) is 4.39 Å². The van der Waals surface area contributed by atoms with Crippen molar-refractivity contribution < 1.29 is 14.6 Å². The van der Waals surface area contributed by atoms with E-state index in [1.165, 1.54) is 35.2 Å². The van der Waals surface area contributed by atoms with Crippen LogP contribution in [-0.2, 0) is 0 Å². The Morgan fingerprint density at radius 1 is 1.16 bits per heavy atom. The lowest BCUT2D eigenvalue weighted by Gasteiger charge is -2.02. The number of nitrogens with zero attached hydrogens (tertiary/aromatic N) is 1. The van der Waals surface area contributed by atoms with Crippen LogP contribution in [0.5, 0.6) is 11.5 Å². The lowest BCUT2D eigenvalue weighted by Crippen LogP contribution is -1.80. The van der Waals surface area contributed by atoms with Gasteiger partial charge in [0.1, 0.15) is 0 Å². The van der Waals surface area contributed by atoms with E-state index >= 15 is 0 Å². The quantitative estimate of drug-likeness (QED) is 0.701. The van der Waals surface area contributed by atoms with Crippen molar-refractivity contribution >= 4 is 33.3 Å². The number of aromatic hydroxyl groups is 2. The predicted molar refractivity (Wildman–Crippen MR) is 73.5 cm³/mol.